The van der Waals surface area contributed by atoms with Crippen molar-refractivity contribution < 1.29 is 9.59 Å². The van der Waals surface area contributed by atoms with Gasteiger partial charge in [0.15, 0.2) is 0 Å². The summed E-state index contributed by atoms with van der Waals surface area (Å²) in [4.78, 5) is 28.1. The highest BCUT2D eigenvalue weighted by molar-refractivity contribution is 7.14. The van der Waals surface area contributed by atoms with E-state index < -0.39 is 0 Å². The highest BCUT2D eigenvalue weighted by Gasteiger charge is 2.20. The lowest BCUT2D eigenvalue weighted by molar-refractivity contribution is -0.116. The Morgan fingerprint density at radius 1 is 1.21 bits per heavy atom. The van der Waals surface area contributed by atoms with Crippen LogP contribution in [0.5, 0.6) is 0 Å². The zero-order chi connectivity index (χ0) is 17.9. The Bertz CT molecular complexity index is 734. The zero-order valence-corrected chi connectivity index (χ0v) is 16.0. The predicted molar refractivity (Wildman–Crippen MR) is 100 cm³/mol. The molecule has 0 spiro atoms. The Morgan fingerprint density at radius 2 is 1.83 bits per heavy atom. The first-order valence-corrected chi connectivity index (χ1v) is 9.00. The van der Waals surface area contributed by atoms with Crippen LogP contribution < -0.4 is 5.32 Å². The molecule has 2 amide bonds. The minimum absolute atomic E-state index is 0.0626. The van der Waals surface area contributed by atoms with Crippen LogP contribution in [0.2, 0.25) is 10.0 Å². The second-order valence-electron chi connectivity index (χ2n) is 5.31. The van der Waals surface area contributed by atoms with Crippen molar-refractivity contribution in [1.29, 1.82) is 0 Å². The van der Waals surface area contributed by atoms with Gasteiger partial charge in [-0.1, -0.05) is 29.3 Å². The van der Waals surface area contributed by atoms with Crippen LogP contribution in [0.3, 0.4) is 0 Å². The Kier molecular flexibility index (Phi) is 6.27. The minimum atomic E-state index is -0.342. The number of thiophene rings is 1. The van der Waals surface area contributed by atoms with Gasteiger partial charge in [0.1, 0.15) is 6.54 Å². The van der Waals surface area contributed by atoms with E-state index in [2.05, 4.69) is 5.32 Å². The summed E-state index contributed by atoms with van der Waals surface area (Å²) < 4.78 is 0. The van der Waals surface area contributed by atoms with Gasteiger partial charge in [0.2, 0.25) is 5.91 Å². The second-order valence-corrected chi connectivity index (χ2v) is 7.38. The van der Waals surface area contributed by atoms with Gasteiger partial charge >= 0.3 is 0 Å². The van der Waals surface area contributed by atoms with Crippen LogP contribution in [0, 0.1) is 13.8 Å². The van der Waals surface area contributed by atoms with Gasteiger partial charge in [-0.3, -0.25) is 9.59 Å². The molecule has 1 aromatic carbocycles. The summed E-state index contributed by atoms with van der Waals surface area (Å²) in [6.07, 6.45) is 0. The molecular formula is C17H18Cl2N2O2S. The van der Waals surface area contributed by atoms with E-state index in [-0.39, 0.29) is 18.4 Å². The maximum absolute atomic E-state index is 12.6. The number of halogens is 2. The zero-order valence-electron chi connectivity index (χ0n) is 13.7. The number of hydrogen-bond acceptors (Lipinski definition) is 3. The molecule has 2 aromatic rings. The van der Waals surface area contributed by atoms with Crippen molar-refractivity contribution in [3.8, 4) is 0 Å². The summed E-state index contributed by atoms with van der Waals surface area (Å²) in [5.74, 6) is -0.496. The summed E-state index contributed by atoms with van der Waals surface area (Å²) >= 11 is 13.5. The van der Waals surface area contributed by atoms with Crippen molar-refractivity contribution in [2.75, 3.05) is 18.4 Å². The number of benzene rings is 1. The van der Waals surface area contributed by atoms with Crippen molar-refractivity contribution in [3.63, 3.8) is 0 Å². The molecule has 0 aliphatic heterocycles. The number of aryl methyl sites for hydroxylation is 2. The summed E-state index contributed by atoms with van der Waals surface area (Å²) in [5.41, 5.74) is 1.43. The van der Waals surface area contributed by atoms with E-state index in [1.165, 1.54) is 16.2 Å². The molecule has 0 saturated heterocycles. The van der Waals surface area contributed by atoms with E-state index >= 15 is 0 Å². The number of carbonyl (C=O) groups excluding carboxylic acids is 2. The topological polar surface area (TPSA) is 49.4 Å². The van der Waals surface area contributed by atoms with Crippen molar-refractivity contribution in [3.05, 3.63) is 49.6 Å². The number of para-hydroxylation sites is 1. The molecule has 128 valence electrons. The first kappa shape index (κ1) is 18.8. The third-order valence-corrected chi connectivity index (χ3v) is 5.38. The molecule has 1 N–H and O–H groups in total. The fraction of sp³-hybridized carbons (Fsp3) is 0.294. The summed E-state index contributed by atoms with van der Waals surface area (Å²) in [5, 5.41) is 3.39. The number of amides is 2. The second kappa shape index (κ2) is 8.01. The molecule has 0 aliphatic rings. The third-order valence-electron chi connectivity index (χ3n) is 3.61. The van der Waals surface area contributed by atoms with E-state index in [1.54, 1.807) is 18.2 Å². The average molecular weight is 385 g/mol. The Balaban J connectivity index is 2.09. The van der Waals surface area contributed by atoms with Crippen LogP contribution in [0.1, 0.15) is 27.0 Å². The van der Waals surface area contributed by atoms with Crippen molar-refractivity contribution in [2.24, 2.45) is 0 Å². The molecule has 1 heterocycles. The average Bonchev–Trinajstić information content (AvgIpc) is 2.87. The SMILES string of the molecule is CCN(CC(=O)Nc1c(Cl)cccc1Cl)C(=O)c1cc(C)c(C)s1. The van der Waals surface area contributed by atoms with Gasteiger partial charge in [0.05, 0.1) is 20.6 Å². The smallest absolute Gasteiger partial charge is 0.264 e. The summed E-state index contributed by atoms with van der Waals surface area (Å²) in [6, 6.07) is 6.84. The number of rotatable bonds is 5. The summed E-state index contributed by atoms with van der Waals surface area (Å²) in [7, 11) is 0. The van der Waals surface area contributed by atoms with Gasteiger partial charge in [-0.2, -0.15) is 0 Å². The fourth-order valence-corrected chi connectivity index (χ4v) is 3.62. The summed E-state index contributed by atoms with van der Waals surface area (Å²) in [6.45, 7) is 6.14. The first-order chi connectivity index (χ1) is 11.3. The molecule has 4 nitrogen and oxygen atoms in total. The van der Waals surface area contributed by atoms with E-state index in [9.17, 15) is 9.59 Å². The number of anilines is 1. The molecule has 2 rings (SSSR count). The standard InChI is InChI=1S/C17H18Cl2N2O2S/c1-4-21(17(23)14-8-10(2)11(3)24-14)9-15(22)20-16-12(18)6-5-7-13(16)19/h5-8H,4,9H2,1-3H3,(H,20,22). The number of likely N-dealkylation sites (N-methyl/N-ethyl adjacent to an activating group) is 1. The molecule has 0 unspecified atom stereocenters. The van der Waals surface area contributed by atoms with Gasteiger partial charge < -0.3 is 10.2 Å². The molecule has 0 bridgehead atoms. The van der Waals surface area contributed by atoms with Crippen LogP contribution in [-0.4, -0.2) is 29.8 Å². The molecule has 0 atom stereocenters. The largest absolute Gasteiger partial charge is 0.329 e. The number of carbonyl (C=O) groups is 2. The van der Waals surface area contributed by atoms with Crippen molar-refractivity contribution in [1.82, 2.24) is 4.90 Å². The highest BCUT2D eigenvalue weighted by atomic mass is 35.5. The molecule has 0 fully saturated rings. The van der Waals surface area contributed by atoms with Crippen molar-refractivity contribution in [2.45, 2.75) is 20.8 Å². The van der Waals surface area contributed by atoms with Crippen LogP contribution in [-0.2, 0) is 4.79 Å². The third kappa shape index (κ3) is 4.29. The van der Waals surface area contributed by atoms with Crippen molar-refractivity contribution >= 4 is 52.0 Å². The van der Waals surface area contributed by atoms with Crippen LogP contribution in [0.15, 0.2) is 24.3 Å². The van der Waals surface area contributed by atoms with Crippen LogP contribution in [0.25, 0.3) is 0 Å². The normalized spacial score (nSPS) is 10.5. The molecular weight excluding hydrogens is 367 g/mol. The van der Waals surface area contributed by atoms with E-state index in [0.717, 1.165) is 10.4 Å². The molecule has 7 heteroatoms. The van der Waals surface area contributed by atoms with Crippen LogP contribution in [0.4, 0.5) is 5.69 Å². The predicted octanol–water partition coefficient (Wildman–Crippen LogP) is 4.77. The fourth-order valence-electron chi connectivity index (χ4n) is 2.13. The maximum atomic E-state index is 12.6. The van der Waals surface area contributed by atoms with Gasteiger partial charge in [0.25, 0.3) is 5.91 Å². The molecule has 0 aliphatic carbocycles. The Labute approximate surface area is 155 Å². The van der Waals surface area contributed by atoms with Gasteiger partial charge in [-0.15, -0.1) is 11.3 Å². The molecule has 1 aromatic heterocycles. The number of hydrogen-bond donors (Lipinski definition) is 1. The lowest BCUT2D eigenvalue weighted by Crippen LogP contribution is -2.37. The van der Waals surface area contributed by atoms with E-state index in [1.807, 2.05) is 26.8 Å². The van der Waals surface area contributed by atoms with Crippen LogP contribution >= 0.6 is 34.5 Å². The van der Waals surface area contributed by atoms with E-state index in [0.29, 0.717) is 27.2 Å². The van der Waals surface area contributed by atoms with Gasteiger partial charge in [0, 0.05) is 11.4 Å². The molecule has 0 radical (unpaired) electrons. The van der Waals surface area contributed by atoms with Gasteiger partial charge in [-0.25, -0.2) is 0 Å². The Hall–Kier alpha value is -1.56. The molecule has 0 saturated carbocycles. The minimum Gasteiger partial charge on any atom is -0.329 e. The Morgan fingerprint density at radius 3 is 2.33 bits per heavy atom. The lowest BCUT2D eigenvalue weighted by Gasteiger charge is -2.20. The highest BCUT2D eigenvalue weighted by Crippen LogP contribution is 2.29. The first-order valence-electron chi connectivity index (χ1n) is 7.43. The van der Waals surface area contributed by atoms with E-state index in [4.69, 9.17) is 23.2 Å². The monoisotopic (exact) mass is 384 g/mol. The maximum Gasteiger partial charge on any atom is 0.264 e. The number of nitrogens with one attached hydrogen (secondary N) is 1. The molecule has 24 heavy (non-hydrogen) atoms. The van der Waals surface area contributed by atoms with Gasteiger partial charge in [-0.05, 0) is 44.5 Å². The number of nitrogens with zero attached hydrogens (tertiary/aromatic N) is 1. The lowest BCUT2D eigenvalue weighted by atomic mass is 10.2. The quantitative estimate of drug-likeness (QED) is 0.806.